The summed E-state index contributed by atoms with van der Waals surface area (Å²) in [5, 5.41) is 8.44. The van der Waals surface area contributed by atoms with E-state index in [1.54, 1.807) is 39.0 Å². The molecule has 3 rings (SSSR count). The Balaban J connectivity index is 1.79. The highest BCUT2D eigenvalue weighted by molar-refractivity contribution is 6.02. The van der Waals surface area contributed by atoms with Crippen molar-refractivity contribution in [3.8, 4) is 0 Å². The number of carbonyl (C=O) groups is 3. The van der Waals surface area contributed by atoms with Crippen molar-refractivity contribution in [2.24, 2.45) is 5.92 Å². The third-order valence-electron chi connectivity index (χ3n) is 5.76. The summed E-state index contributed by atoms with van der Waals surface area (Å²) >= 11 is 0. The molecule has 1 fully saturated rings. The highest BCUT2D eigenvalue weighted by Crippen LogP contribution is 2.35. The number of alkyl carbamates (subject to hydrolysis) is 1. The number of benzene rings is 1. The van der Waals surface area contributed by atoms with Crippen LogP contribution in [-0.2, 0) is 14.3 Å². The van der Waals surface area contributed by atoms with Crippen molar-refractivity contribution in [2.45, 2.75) is 57.7 Å². The van der Waals surface area contributed by atoms with Gasteiger partial charge in [0, 0.05) is 19.5 Å². The molecule has 1 aromatic rings. The summed E-state index contributed by atoms with van der Waals surface area (Å²) in [5.74, 6) is -0.191. The van der Waals surface area contributed by atoms with Crippen molar-refractivity contribution in [3.63, 3.8) is 0 Å². The fourth-order valence-electron chi connectivity index (χ4n) is 3.91. The van der Waals surface area contributed by atoms with Crippen molar-refractivity contribution in [2.75, 3.05) is 23.3 Å². The molecule has 1 aromatic carbocycles. The molecule has 0 aromatic heterocycles. The normalized spacial score (nSPS) is 18.9. The van der Waals surface area contributed by atoms with Gasteiger partial charge in [-0.1, -0.05) is 43.5 Å². The predicted octanol–water partition coefficient (Wildman–Crippen LogP) is 3.92. The van der Waals surface area contributed by atoms with Crippen molar-refractivity contribution in [3.05, 3.63) is 61.2 Å². The molecule has 8 nitrogen and oxygen atoms in total. The molecule has 2 atom stereocenters. The molecule has 0 bridgehead atoms. The first-order valence-electron chi connectivity index (χ1n) is 12.0. The molecule has 0 saturated heterocycles. The van der Waals surface area contributed by atoms with E-state index < -0.39 is 29.7 Å². The van der Waals surface area contributed by atoms with E-state index in [2.05, 4.69) is 34.0 Å². The van der Waals surface area contributed by atoms with Crippen molar-refractivity contribution < 1.29 is 19.1 Å². The van der Waals surface area contributed by atoms with Crippen molar-refractivity contribution in [1.82, 2.24) is 10.6 Å². The topological polar surface area (TPSA) is 99.8 Å². The summed E-state index contributed by atoms with van der Waals surface area (Å²) < 4.78 is 5.35. The van der Waals surface area contributed by atoms with E-state index in [0.29, 0.717) is 18.0 Å². The maximum atomic E-state index is 13.4. The molecule has 0 spiro atoms. The van der Waals surface area contributed by atoms with Crippen molar-refractivity contribution in [1.29, 1.82) is 0 Å². The van der Waals surface area contributed by atoms with Gasteiger partial charge >= 0.3 is 6.09 Å². The second-order valence-electron chi connectivity index (χ2n) is 10.0. The lowest BCUT2D eigenvalue weighted by Crippen LogP contribution is -2.55. The van der Waals surface area contributed by atoms with Crippen LogP contribution in [-0.4, -0.2) is 48.7 Å². The summed E-state index contributed by atoms with van der Waals surface area (Å²) in [7, 11) is 0. The van der Waals surface area contributed by atoms with Gasteiger partial charge in [0.1, 0.15) is 17.7 Å². The van der Waals surface area contributed by atoms with Gasteiger partial charge in [0.05, 0.1) is 11.4 Å². The lowest BCUT2D eigenvalue weighted by molar-refractivity contribution is -0.127. The zero-order valence-electron chi connectivity index (χ0n) is 20.8. The van der Waals surface area contributed by atoms with Crippen LogP contribution in [0.1, 0.15) is 40.0 Å². The molecule has 3 N–H and O–H groups in total. The van der Waals surface area contributed by atoms with Gasteiger partial charge in [-0.3, -0.25) is 9.59 Å². The minimum Gasteiger partial charge on any atom is -0.444 e. The average Bonchev–Trinajstić information content (AvgIpc) is 3.61. The second kappa shape index (κ2) is 11.3. The van der Waals surface area contributed by atoms with E-state index in [1.165, 1.54) is 12.8 Å². The first-order valence-corrected chi connectivity index (χ1v) is 12.0. The van der Waals surface area contributed by atoms with Crippen LogP contribution in [0.3, 0.4) is 0 Å². The van der Waals surface area contributed by atoms with Crippen LogP contribution in [0.2, 0.25) is 0 Å². The first-order chi connectivity index (χ1) is 16.6. The van der Waals surface area contributed by atoms with Gasteiger partial charge in [0.15, 0.2) is 0 Å². The van der Waals surface area contributed by atoms with E-state index in [1.807, 2.05) is 24.3 Å². The number of anilines is 2. The molecule has 35 heavy (non-hydrogen) atoms. The predicted molar refractivity (Wildman–Crippen MR) is 138 cm³/mol. The molecule has 1 aliphatic carbocycles. The zero-order chi connectivity index (χ0) is 25.6. The molecular weight excluding hydrogens is 444 g/mol. The number of fused-ring (bicyclic) bond motifs is 1. The van der Waals surface area contributed by atoms with Crippen LogP contribution in [0.4, 0.5) is 16.2 Å². The van der Waals surface area contributed by atoms with Crippen LogP contribution in [0.25, 0.3) is 0 Å². The number of allylic oxidation sites excluding steroid dienone is 3. The lowest BCUT2D eigenvalue weighted by Gasteiger charge is -2.28. The summed E-state index contributed by atoms with van der Waals surface area (Å²) in [4.78, 5) is 41.1. The van der Waals surface area contributed by atoms with Crippen LogP contribution in [0.5, 0.6) is 0 Å². The third kappa shape index (κ3) is 7.73. The largest absolute Gasteiger partial charge is 0.444 e. The second-order valence-corrected chi connectivity index (χ2v) is 10.0. The number of ether oxygens (including phenoxy) is 1. The number of para-hydroxylation sites is 2. The van der Waals surface area contributed by atoms with Gasteiger partial charge in [-0.2, -0.15) is 0 Å². The number of hydrogen-bond acceptors (Lipinski definition) is 5. The molecule has 188 valence electrons. The maximum Gasteiger partial charge on any atom is 0.408 e. The maximum absolute atomic E-state index is 13.4. The Kier molecular flexibility index (Phi) is 8.38. The molecule has 1 unspecified atom stereocenters. The van der Waals surface area contributed by atoms with E-state index >= 15 is 0 Å². The summed E-state index contributed by atoms with van der Waals surface area (Å²) in [5.41, 5.74) is 1.65. The monoisotopic (exact) mass is 480 g/mol. The Morgan fingerprint density at radius 3 is 2.60 bits per heavy atom. The van der Waals surface area contributed by atoms with Gasteiger partial charge in [-0.15, -0.1) is 0 Å². The van der Waals surface area contributed by atoms with Crippen LogP contribution in [0, 0.1) is 5.92 Å². The number of carbonyl (C=O) groups excluding carboxylic acids is 3. The molecule has 8 heteroatoms. The van der Waals surface area contributed by atoms with Gasteiger partial charge in [0.25, 0.3) is 0 Å². The lowest BCUT2D eigenvalue weighted by atomic mass is 10.0. The summed E-state index contributed by atoms with van der Waals surface area (Å²) in [6.07, 6.45) is 6.69. The summed E-state index contributed by atoms with van der Waals surface area (Å²) in [6, 6.07) is 5.88. The zero-order valence-corrected chi connectivity index (χ0v) is 20.8. The highest BCUT2D eigenvalue weighted by atomic mass is 16.6. The van der Waals surface area contributed by atoms with Gasteiger partial charge < -0.3 is 25.6 Å². The third-order valence-corrected chi connectivity index (χ3v) is 5.76. The number of amides is 3. The molecule has 1 saturated carbocycles. The minimum atomic E-state index is -0.968. The van der Waals surface area contributed by atoms with Gasteiger partial charge in [-0.05, 0) is 57.2 Å². The summed E-state index contributed by atoms with van der Waals surface area (Å²) in [6.45, 7) is 13.9. The number of hydrogen-bond donors (Lipinski definition) is 3. The van der Waals surface area contributed by atoms with E-state index in [0.717, 1.165) is 17.9 Å². The Labute approximate surface area is 207 Å². The molecule has 0 radical (unpaired) electrons. The van der Waals surface area contributed by atoms with Crippen molar-refractivity contribution >= 4 is 29.3 Å². The van der Waals surface area contributed by atoms with Crippen LogP contribution >= 0.6 is 0 Å². The smallest absolute Gasteiger partial charge is 0.408 e. The standard InChI is InChI=1S/C27H36N4O4/c1-6-10-18(7-2)15-21(30-26(34)35-27(3,4)5)24(32)29-22-17-31(16-19-13-14-19)23-12-9-8-11-20(23)28-25(22)33/h6-12,19,21-22H,1-2,13-17H2,3-5H3,(H,28,33)(H,29,32)(H,30,34)/b18-10+/t21?,22-/m1/s1. The Morgan fingerprint density at radius 1 is 1.26 bits per heavy atom. The van der Waals surface area contributed by atoms with E-state index in [-0.39, 0.29) is 12.3 Å². The quantitative estimate of drug-likeness (QED) is 0.465. The minimum absolute atomic E-state index is 0.168. The molecular formula is C27H36N4O4. The molecule has 3 amide bonds. The average molecular weight is 481 g/mol. The fourth-order valence-corrected chi connectivity index (χ4v) is 3.91. The van der Waals surface area contributed by atoms with Crippen LogP contribution in [0.15, 0.2) is 61.2 Å². The number of nitrogens with one attached hydrogen (secondary N) is 3. The Hall–Kier alpha value is -3.55. The number of rotatable bonds is 9. The Morgan fingerprint density at radius 2 is 1.97 bits per heavy atom. The Bertz CT molecular complexity index is 1010. The SMILES string of the molecule is C=C/C=C(\C=C)CC(NC(=O)OC(C)(C)C)C(=O)N[C@@H]1CN(CC2CC2)c2ccccc2NC1=O. The van der Waals surface area contributed by atoms with E-state index in [9.17, 15) is 14.4 Å². The highest BCUT2D eigenvalue weighted by Gasteiger charge is 2.34. The fraction of sp³-hybridized carbons (Fsp3) is 0.444. The first kappa shape index (κ1) is 26.1. The molecule has 1 heterocycles. The van der Waals surface area contributed by atoms with Crippen LogP contribution < -0.4 is 20.9 Å². The number of nitrogens with zero attached hydrogens (tertiary/aromatic N) is 1. The molecule has 2 aliphatic rings. The van der Waals surface area contributed by atoms with E-state index in [4.69, 9.17) is 4.74 Å². The van der Waals surface area contributed by atoms with Gasteiger partial charge in [0.2, 0.25) is 11.8 Å². The van der Waals surface area contributed by atoms with Gasteiger partial charge in [-0.25, -0.2) is 4.79 Å². The molecule has 1 aliphatic heterocycles.